The van der Waals surface area contributed by atoms with Crippen LogP contribution in [0.15, 0.2) is 35.7 Å². The minimum absolute atomic E-state index is 0.106. The van der Waals surface area contributed by atoms with Gasteiger partial charge in [-0.2, -0.15) is 0 Å². The molecule has 5 nitrogen and oxygen atoms in total. The Labute approximate surface area is 149 Å². The van der Waals surface area contributed by atoms with Crippen LogP contribution in [0.1, 0.15) is 56.2 Å². The van der Waals surface area contributed by atoms with Gasteiger partial charge in [0, 0.05) is 37.0 Å². The summed E-state index contributed by atoms with van der Waals surface area (Å²) in [6.45, 7) is 6.36. The van der Waals surface area contributed by atoms with Gasteiger partial charge in [0.05, 0.1) is 23.9 Å². The van der Waals surface area contributed by atoms with Crippen molar-refractivity contribution in [3.05, 3.63) is 41.9 Å². The van der Waals surface area contributed by atoms with Gasteiger partial charge in [0.15, 0.2) is 0 Å². The van der Waals surface area contributed by atoms with Crippen LogP contribution in [-0.4, -0.2) is 41.4 Å². The Hall–Kier alpha value is -2.17. The van der Waals surface area contributed by atoms with Crippen LogP contribution in [-0.2, 0) is 4.74 Å². The molecule has 1 fully saturated rings. The van der Waals surface area contributed by atoms with E-state index in [2.05, 4.69) is 35.9 Å². The number of rotatable bonds is 3. The highest BCUT2D eigenvalue weighted by Crippen LogP contribution is 2.36. The first-order valence-corrected chi connectivity index (χ1v) is 9.38. The van der Waals surface area contributed by atoms with E-state index in [1.54, 1.807) is 6.26 Å². The Bertz CT molecular complexity index is 706. The van der Waals surface area contributed by atoms with Crippen molar-refractivity contribution < 1.29 is 4.74 Å². The van der Waals surface area contributed by atoms with Crippen molar-refractivity contribution in [1.82, 2.24) is 9.97 Å². The normalized spacial score (nSPS) is 31.4. The molecule has 0 amide bonds. The van der Waals surface area contributed by atoms with E-state index in [-0.39, 0.29) is 24.0 Å². The average molecular weight is 338 g/mol. The molecule has 1 saturated heterocycles. The number of dihydropyridines is 1. The van der Waals surface area contributed by atoms with Crippen LogP contribution in [0.25, 0.3) is 0 Å². The van der Waals surface area contributed by atoms with Crippen molar-refractivity contribution in [2.45, 2.75) is 57.1 Å². The Morgan fingerprint density at radius 2 is 1.92 bits per heavy atom. The topological polar surface area (TPSA) is 50.6 Å². The van der Waals surface area contributed by atoms with E-state index >= 15 is 0 Å². The van der Waals surface area contributed by atoms with Crippen LogP contribution >= 0.6 is 0 Å². The van der Waals surface area contributed by atoms with E-state index in [0.29, 0.717) is 0 Å². The van der Waals surface area contributed by atoms with Crippen LogP contribution in [0.4, 0.5) is 5.95 Å². The van der Waals surface area contributed by atoms with Crippen molar-refractivity contribution in [2.24, 2.45) is 4.99 Å². The molecule has 0 radical (unpaired) electrons. The van der Waals surface area contributed by atoms with E-state index in [9.17, 15) is 0 Å². The second-order valence-corrected chi connectivity index (χ2v) is 7.20. The van der Waals surface area contributed by atoms with Crippen LogP contribution < -0.4 is 4.90 Å². The summed E-state index contributed by atoms with van der Waals surface area (Å²) >= 11 is 0. The molecule has 4 rings (SSSR count). The molecule has 3 aliphatic heterocycles. The van der Waals surface area contributed by atoms with E-state index in [1.165, 1.54) is 24.8 Å². The lowest BCUT2D eigenvalue weighted by Crippen LogP contribution is -2.32. The fourth-order valence-corrected chi connectivity index (χ4v) is 3.95. The number of aromatic nitrogens is 2. The number of nitrogens with zero attached hydrogens (tertiary/aromatic N) is 4. The molecular formula is C20H26N4O. The summed E-state index contributed by atoms with van der Waals surface area (Å²) in [6.07, 6.45) is 15.9. The predicted molar refractivity (Wildman–Crippen MR) is 100 cm³/mol. The summed E-state index contributed by atoms with van der Waals surface area (Å²) in [5.41, 5.74) is 2.27. The first kappa shape index (κ1) is 16.3. The number of anilines is 1. The van der Waals surface area contributed by atoms with Crippen molar-refractivity contribution >= 4 is 12.2 Å². The van der Waals surface area contributed by atoms with Gasteiger partial charge in [0.1, 0.15) is 6.10 Å². The average Bonchev–Trinajstić information content (AvgIpc) is 3.08. The van der Waals surface area contributed by atoms with Crippen molar-refractivity contribution in [3.63, 3.8) is 0 Å². The number of piperidine rings is 1. The Morgan fingerprint density at radius 1 is 1.08 bits per heavy atom. The predicted octanol–water partition coefficient (Wildman–Crippen LogP) is 3.60. The minimum atomic E-state index is 0.106. The van der Waals surface area contributed by atoms with Gasteiger partial charge in [-0.25, -0.2) is 9.97 Å². The van der Waals surface area contributed by atoms with Crippen molar-refractivity contribution in [3.8, 4) is 0 Å². The number of allylic oxidation sites excluding steroid dienone is 1. The third-order valence-corrected chi connectivity index (χ3v) is 5.48. The minimum Gasteiger partial charge on any atom is -0.498 e. The lowest BCUT2D eigenvalue weighted by molar-refractivity contribution is 0.173. The number of ether oxygens (including phenoxy) is 1. The Kier molecular flexibility index (Phi) is 4.55. The molecule has 5 heteroatoms. The lowest BCUT2D eigenvalue weighted by atomic mass is 9.86. The van der Waals surface area contributed by atoms with Gasteiger partial charge in [0.25, 0.3) is 0 Å². The third-order valence-electron chi connectivity index (χ3n) is 5.48. The van der Waals surface area contributed by atoms with Gasteiger partial charge in [-0.1, -0.05) is 6.08 Å². The maximum Gasteiger partial charge on any atom is 0.225 e. The molecule has 1 aromatic rings. The zero-order valence-electron chi connectivity index (χ0n) is 15.0. The molecule has 3 aliphatic rings. The zero-order valence-corrected chi connectivity index (χ0v) is 15.0. The molecule has 0 spiro atoms. The smallest absolute Gasteiger partial charge is 0.225 e. The molecular weight excluding hydrogens is 312 g/mol. The summed E-state index contributed by atoms with van der Waals surface area (Å²) in [5.74, 6) is 1.26. The summed E-state index contributed by atoms with van der Waals surface area (Å²) in [5, 5.41) is 0. The largest absolute Gasteiger partial charge is 0.498 e. The highest BCUT2D eigenvalue weighted by atomic mass is 16.5. The lowest BCUT2D eigenvalue weighted by Gasteiger charge is -2.29. The quantitative estimate of drug-likeness (QED) is 0.845. The van der Waals surface area contributed by atoms with Crippen molar-refractivity contribution in [1.29, 1.82) is 0 Å². The van der Waals surface area contributed by atoms with Crippen LogP contribution in [0.2, 0.25) is 0 Å². The van der Waals surface area contributed by atoms with E-state index in [1.807, 2.05) is 18.5 Å². The maximum atomic E-state index is 5.67. The molecule has 132 valence electrons. The molecule has 0 N–H and O–H groups in total. The molecule has 0 bridgehead atoms. The Balaban J connectivity index is 1.73. The van der Waals surface area contributed by atoms with Crippen LogP contribution in [0, 0.1) is 0 Å². The van der Waals surface area contributed by atoms with E-state index in [0.717, 1.165) is 24.7 Å². The van der Waals surface area contributed by atoms with Gasteiger partial charge in [-0.15, -0.1) is 0 Å². The van der Waals surface area contributed by atoms with Gasteiger partial charge in [0.2, 0.25) is 5.95 Å². The number of hydrogen-bond acceptors (Lipinski definition) is 5. The van der Waals surface area contributed by atoms with E-state index < -0.39 is 0 Å². The third kappa shape index (κ3) is 3.20. The molecule has 25 heavy (non-hydrogen) atoms. The number of hydrogen-bond donors (Lipinski definition) is 0. The fraction of sp³-hybridized carbons (Fsp3) is 0.550. The standard InChI is InChI=1S/C20H26N4O/c1-14-16(7-6-9-21-14)18-13-22-20(24-10-4-3-5-11-24)23-19(18)17-8-12-25-15(17)2/h6-9,12-17H,3-5,10-11H2,1-2H3. The van der Waals surface area contributed by atoms with Gasteiger partial charge >= 0.3 is 0 Å². The highest BCUT2D eigenvalue weighted by molar-refractivity contribution is 5.73. The van der Waals surface area contributed by atoms with Gasteiger partial charge in [-0.3, -0.25) is 4.99 Å². The molecule has 0 aromatic carbocycles. The highest BCUT2D eigenvalue weighted by Gasteiger charge is 2.31. The molecule has 0 saturated carbocycles. The zero-order chi connectivity index (χ0) is 17.2. The maximum absolute atomic E-state index is 5.67. The summed E-state index contributed by atoms with van der Waals surface area (Å²) < 4.78 is 5.67. The monoisotopic (exact) mass is 338 g/mol. The summed E-state index contributed by atoms with van der Waals surface area (Å²) in [4.78, 5) is 16.6. The van der Waals surface area contributed by atoms with E-state index in [4.69, 9.17) is 14.7 Å². The second kappa shape index (κ2) is 6.98. The SMILES string of the molecule is CC1N=CC=CC1c1cnc(N2CCCCC2)nc1C1C=COC1C. The van der Waals surface area contributed by atoms with Crippen molar-refractivity contribution in [2.75, 3.05) is 18.0 Å². The summed E-state index contributed by atoms with van der Waals surface area (Å²) in [6, 6.07) is 0.204. The van der Waals surface area contributed by atoms with Crippen LogP contribution in [0.5, 0.6) is 0 Å². The molecule has 0 aliphatic carbocycles. The first-order valence-electron chi connectivity index (χ1n) is 9.38. The first-order chi connectivity index (χ1) is 12.2. The second-order valence-electron chi connectivity index (χ2n) is 7.20. The van der Waals surface area contributed by atoms with Gasteiger partial charge < -0.3 is 9.64 Å². The number of aliphatic imine (C=N–C) groups is 1. The molecule has 1 aromatic heterocycles. The molecule has 4 unspecified atom stereocenters. The fourth-order valence-electron chi connectivity index (χ4n) is 3.95. The molecule has 4 atom stereocenters. The Morgan fingerprint density at radius 3 is 2.64 bits per heavy atom. The van der Waals surface area contributed by atoms with Crippen LogP contribution in [0.3, 0.4) is 0 Å². The molecule has 4 heterocycles. The van der Waals surface area contributed by atoms with Gasteiger partial charge in [-0.05, 0) is 45.3 Å². The summed E-state index contributed by atoms with van der Waals surface area (Å²) in [7, 11) is 0.